The van der Waals surface area contributed by atoms with E-state index in [2.05, 4.69) is 14.9 Å². The Morgan fingerprint density at radius 2 is 1.64 bits per heavy atom. The molecule has 206 valence electrons. The van der Waals surface area contributed by atoms with Crippen LogP contribution >= 0.6 is 11.6 Å². The minimum absolute atomic E-state index is 0.0637. The van der Waals surface area contributed by atoms with Crippen molar-refractivity contribution in [3.63, 3.8) is 0 Å². The first kappa shape index (κ1) is 28.6. The molecule has 1 aliphatic heterocycles. The van der Waals surface area contributed by atoms with Crippen LogP contribution in [0, 0.1) is 0 Å². The molecule has 0 radical (unpaired) electrons. The number of hydrogen-bond acceptors (Lipinski definition) is 6. The van der Waals surface area contributed by atoms with E-state index in [1.807, 2.05) is 42.3 Å². The lowest BCUT2D eigenvalue weighted by Gasteiger charge is -2.32. The highest BCUT2D eigenvalue weighted by atomic mass is 35.5. The van der Waals surface area contributed by atoms with Crippen LogP contribution in [-0.4, -0.2) is 76.4 Å². The second-order valence-corrected chi connectivity index (χ2v) is 11.4. The van der Waals surface area contributed by atoms with Gasteiger partial charge in [0.25, 0.3) is 5.91 Å². The Labute approximate surface area is 233 Å². The van der Waals surface area contributed by atoms with E-state index in [9.17, 15) is 18.0 Å². The van der Waals surface area contributed by atoms with Crippen LogP contribution in [0.2, 0.25) is 5.02 Å². The lowest BCUT2D eigenvalue weighted by Crippen LogP contribution is -2.47. The molecule has 2 amide bonds. The molecule has 1 heterocycles. The summed E-state index contributed by atoms with van der Waals surface area (Å²) in [6.07, 6.45) is 0.106. The van der Waals surface area contributed by atoms with Gasteiger partial charge >= 0.3 is 0 Å². The summed E-state index contributed by atoms with van der Waals surface area (Å²) in [4.78, 5) is 30.0. The van der Waals surface area contributed by atoms with Crippen LogP contribution in [0.15, 0.2) is 77.7 Å². The zero-order valence-electron chi connectivity index (χ0n) is 21.8. The standard InChI is InChI=1S/C28H31ClN4O5S/c1-32-14-16-33(17-15-32)28(35)21-8-11-23(12-9-21)30-27(34)24(18-20-6-4-3-5-7-20)31-39(36,37)26-19-22(29)10-13-25(26)38-2/h3-13,19,24,31H,14-18H2,1-2H3,(H,30,34). The number of anilines is 1. The first-order valence-electron chi connectivity index (χ1n) is 12.4. The highest BCUT2D eigenvalue weighted by molar-refractivity contribution is 7.89. The Bertz CT molecular complexity index is 1410. The third kappa shape index (κ3) is 7.36. The topological polar surface area (TPSA) is 108 Å². The molecule has 1 fully saturated rings. The van der Waals surface area contributed by atoms with Gasteiger partial charge in [-0.1, -0.05) is 41.9 Å². The molecule has 11 heteroatoms. The third-order valence-corrected chi connectivity index (χ3v) is 8.23. The van der Waals surface area contributed by atoms with Crippen molar-refractivity contribution in [2.75, 3.05) is 45.7 Å². The van der Waals surface area contributed by atoms with Gasteiger partial charge in [0.2, 0.25) is 15.9 Å². The van der Waals surface area contributed by atoms with E-state index in [0.29, 0.717) is 24.3 Å². The summed E-state index contributed by atoms with van der Waals surface area (Å²) in [6.45, 7) is 2.96. The molecule has 4 rings (SSSR count). The monoisotopic (exact) mass is 570 g/mol. The second kappa shape index (κ2) is 12.6. The number of benzene rings is 3. The van der Waals surface area contributed by atoms with Crippen molar-refractivity contribution in [1.29, 1.82) is 0 Å². The van der Waals surface area contributed by atoms with Crippen molar-refractivity contribution >= 4 is 39.1 Å². The van der Waals surface area contributed by atoms with Gasteiger partial charge in [-0.25, -0.2) is 8.42 Å². The smallest absolute Gasteiger partial charge is 0.253 e. The number of nitrogens with zero attached hydrogens (tertiary/aromatic N) is 2. The number of carbonyl (C=O) groups is 2. The van der Waals surface area contributed by atoms with E-state index in [0.717, 1.165) is 18.7 Å². The van der Waals surface area contributed by atoms with Gasteiger partial charge in [0.15, 0.2) is 0 Å². The van der Waals surface area contributed by atoms with Crippen LogP contribution in [0.5, 0.6) is 5.75 Å². The largest absolute Gasteiger partial charge is 0.495 e. The molecule has 3 aromatic carbocycles. The number of piperazine rings is 1. The van der Waals surface area contributed by atoms with E-state index in [-0.39, 0.29) is 28.0 Å². The molecule has 9 nitrogen and oxygen atoms in total. The molecule has 1 aliphatic rings. The van der Waals surface area contributed by atoms with Gasteiger partial charge in [-0.05, 0) is 61.5 Å². The molecule has 0 aliphatic carbocycles. The van der Waals surface area contributed by atoms with Gasteiger partial charge in [0.05, 0.1) is 7.11 Å². The van der Waals surface area contributed by atoms with Gasteiger partial charge in [0, 0.05) is 42.5 Å². The van der Waals surface area contributed by atoms with Gasteiger partial charge in [-0.2, -0.15) is 4.72 Å². The van der Waals surface area contributed by atoms with Crippen LogP contribution < -0.4 is 14.8 Å². The fourth-order valence-electron chi connectivity index (χ4n) is 4.27. The summed E-state index contributed by atoms with van der Waals surface area (Å²) in [5.74, 6) is -0.515. The van der Waals surface area contributed by atoms with E-state index in [1.54, 1.807) is 24.3 Å². The predicted molar refractivity (Wildman–Crippen MR) is 151 cm³/mol. The Hall–Kier alpha value is -3.44. The van der Waals surface area contributed by atoms with E-state index in [1.165, 1.54) is 25.3 Å². The summed E-state index contributed by atoms with van der Waals surface area (Å²) in [6, 6.07) is 18.8. The Morgan fingerprint density at radius 3 is 2.28 bits per heavy atom. The Morgan fingerprint density at radius 1 is 0.974 bits per heavy atom. The molecular formula is C28H31ClN4O5S. The molecular weight excluding hydrogens is 540 g/mol. The molecule has 1 unspecified atom stereocenters. The molecule has 2 N–H and O–H groups in total. The van der Waals surface area contributed by atoms with Crippen LogP contribution in [0.3, 0.4) is 0 Å². The average Bonchev–Trinajstić information content (AvgIpc) is 2.93. The van der Waals surface area contributed by atoms with Gasteiger partial charge in [-0.15, -0.1) is 0 Å². The van der Waals surface area contributed by atoms with Crippen molar-refractivity contribution in [2.45, 2.75) is 17.4 Å². The summed E-state index contributed by atoms with van der Waals surface area (Å²) >= 11 is 6.05. The maximum absolute atomic E-state index is 13.4. The van der Waals surface area contributed by atoms with E-state index < -0.39 is 22.0 Å². The first-order valence-corrected chi connectivity index (χ1v) is 14.3. The van der Waals surface area contributed by atoms with E-state index >= 15 is 0 Å². The zero-order chi connectivity index (χ0) is 28.0. The lowest BCUT2D eigenvalue weighted by molar-refractivity contribution is -0.117. The number of sulfonamides is 1. The predicted octanol–water partition coefficient (Wildman–Crippen LogP) is 3.26. The van der Waals surface area contributed by atoms with Crippen LogP contribution in [-0.2, 0) is 21.2 Å². The molecule has 0 spiro atoms. The van der Waals surface area contributed by atoms with Crippen LogP contribution in [0.1, 0.15) is 15.9 Å². The fourth-order valence-corrected chi connectivity index (χ4v) is 5.89. The lowest BCUT2D eigenvalue weighted by atomic mass is 10.1. The normalized spacial score (nSPS) is 15.0. The van der Waals surface area contributed by atoms with Crippen molar-refractivity contribution in [3.8, 4) is 5.75 Å². The van der Waals surface area contributed by atoms with E-state index in [4.69, 9.17) is 16.3 Å². The van der Waals surface area contributed by atoms with Crippen molar-refractivity contribution in [3.05, 3.63) is 88.9 Å². The molecule has 0 saturated carbocycles. The Balaban J connectivity index is 1.52. The number of hydrogen-bond donors (Lipinski definition) is 2. The van der Waals surface area contributed by atoms with Crippen LogP contribution in [0.4, 0.5) is 5.69 Å². The van der Waals surface area contributed by atoms with Crippen molar-refractivity contribution < 1.29 is 22.7 Å². The fraction of sp³-hybridized carbons (Fsp3) is 0.286. The number of nitrogens with one attached hydrogen (secondary N) is 2. The number of ether oxygens (including phenoxy) is 1. The van der Waals surface area contributed by atoms with Crippen LogP contribution in [0.25, 0.3) is 0 Å². The van der Waals surface area contributed by atoms with Gasteiger partial charge < -0.3 is 19.9 Å². The first-order chi connectivity index (χ1) is 18.7. The number of methoxy groups -OCH3 is 1. The maximum atomic E-state index is 13.4. The highest BCUT2D eigenvalue weighted by Crippen LogP contribution is 2.27. The molecule has 0 bridgehead atoms. The summed E-state index contributed by atoms with van der Waals surface area (Å²) in [5.41, 5.74) is 1.73. The number of likely N-dealkylation sites (N-methyl/N-ethyl adjacent to an activating group) is 1. The Kier molecular flexibility index (Phi) is 9.24. The summed E-state index contributed by atoms with van der Waals surface area (Å²) in [5, 5.41) is 2.99. The zero-order valence-corrected chi connectivity index (χ0v) is 23.3. The number of amides is 2. The molecule has 39 heavy (non-hydrogen) atoms. The maximum Gasteiger partial charge on any atom is 0.253 e. The minimum Gasteiger partial charge on any atom is -0.495 e. The summed E-state index contributed by atoms with van der Waals surface area (Å²) < 4.78 is 34.4. The molecule has 0 aromatic heterocycles. The molecule has 1 saturated heterocycles. The third-order valence-electron chi connectivity index (χ3n) is 6.50. The quantitative estimate of drug-likeness (QED) is 0.409. The highest BCUT2D eigenvalue weighted by Gasteiger charge is 2.29. The number of rotatable bonds is 9. The van der Waals surface area contributed by atoms with Gasteiger partial charge in [0.1, 0.15) is 16.7 Å². The summed E-state index contributed by atoms with van der Waals surface area (Å²) in [7, 11) is -0.811. The minimum atomic E-state index is -4.19. The SMILES string of the molecule is COc1ccc(Cl)cc1S(=O)(=O)NC(Cc1ccccc1)C(=O)Nc1ccc(C(=O)N2CCN(C)CC2)cc1. The second-order valence-electron chi connectivity index (χ2n) is 9.32. The van der Waals surface area contributed by atoms with Crippen molar-refractivity contribution in [1.82, 2.24) is 14.5 Å². The molecule has 1 atom stereocenters. The van der Waals surface area contributed by atoms with Crippen molar-refractivity contribution in [2.24, 2.45) is 0 Å². The average molecular weight is 571 g/mol. The molecule has 3 aromatic rings. The number of halogens is 1. The van der Waals surface area contributed by atoms with Gasteiger partial charge in [-0.3, -0.25) is 9.59 Å². The number of carbonyl (C=O) groups excluding carboxylic acids is 2.